The first kappa shape index (κ1) is 15.1. The maximum Gasteiger partial charge on any atom is 0.156 e. The van der Waals surface area contributed by atoms with E-state index >= 15 is 0 Å². The van der Waals surface area contributed by atoms with Gasteiger partial charge in [-0.1, -0.05) is 5.21 Å². The van der Waals surface area contributed by atoms with E-state index in [1.54, 1.807) is 31.6 Å². The fourth-order valence-corrected chi connectivity index (χ4v) is 2.38. The molecule has 0 aliphatic carbocycles. The minimum absolute atomic E-state index is 0.180. The van der Waals surface area contributed by atoms with Crippen LogP contribution in [0.5, 0.6) is 0 Å². The van der Waals surface area contributed by atoms with E-state index in [1.165, 1.54) is 0 Å². The van der Waals surface area contributed by atoms with Gasteiger partial charge in [-0.15, -0.1) is 5.10 Å². The van der Waals surface area contributed by atoms with Gasteiger partial charge in [-0.3, -0.25) is 4.68 Å². The molecule has 1 aromatic heterocycles. The number of hydrogen-bond acceptors (Lipinski definition) is 5. The molecule has 1 rings (SSSR count). The summed E-state index contributed by atoms with van der Waals surface area (Å²) in [6.45, 7) is 7.25. The van der Waals surface area contributed by atoms with E-state index in [0.717, 1.165) is 19.5 Å². The second-order valence-corrected chi connectivity index (χ2v) is 8.06. The van der Waals surface area contributed by atoms with Crippen molar-refractivity contribution >= 4 is 9.84 Å². The summed E-state index contributed by atoms with van der Waals surface area (Å²) >= 11 is 0. The lowest BCUT2D eigenvalue weighted by Gasteiger charge is -2.19. The Kier molecular flexibility index (Phi) is 5.28. The van der Waals surface area contributed by atoms with Gasteiger partial charge in [-0.25, -0.2) is 8.42 Å². The quantitative estimate of drug-likeness (QED) is 0.731. The summed E-state index contributed by atoms with van der Waals surface area (Å²) in [4.78, 5) is 0. The highest BCUT2D eigenvalue weighted by molar-refractivity contribution is 7.92. The summed E-state index contributed by atoms with van der Waals surface area (Å²) < 4.78 is 24.7. The minimum Gasteiger partial charge on any atom is -0.316 e. The molecular weight excluding hydrogens is 252 g/mol. The Morgan fingerprint density at radius 3 is 2.56 bits per heavy atom. The molecule has 18 heavy (non-hydrogen) atoms. The zero-order chi connectivity index (χ0) is 13.6. The molecule has 1 aromatic rings. The topological polar surface area (TPSA) is 76.9 Å². The zero-order valence-electron chi connectivity index (χ0n) is 11.3. The van der Waals surface area contributed by atoms with Gasteiger partial charge in [-0.2, -0.15) is 0 Å². The molecule has 1 heterocycles. The van der Waals surface area contributed by atoms with Gasteiger partial charge in [0.25, 0.3) is 0 Å². The molecule has 1 N–H and O–H groups in total. The van der Waals surface area contributed by atoms with Gasteiger partial charge in [0, 0.05) is 19.3 Å². The van der Waals surface area contributed by atoms with Crippen LogP contribution in [0.25, 0.3) is 0 Å². The Labute approximate surface area is 109 Å². The number of hydrogen-bond donors (Lipinski definition) is 1. The molecule has 0 fully saturated rings. The summed E-state index contributed by atoms with van der Waals surface area (Å²) in [6, 6.07) is 0. The number of nitrogens with one attached hydrogen (secondary N) is 1. The second kappa shape index (κ2) is 6.29. The second-order valence-electron chi connectivity index (χ2n) is 5.20. The van der Waals surface area contributed by atoms with E-state index < -0.39 is 14.6 Å². The third-order valence-electron chi connectivity index (χ3n) is 2.69. The highest BCUT2D eigenvalue weighted by Gasteiger charge is 2.27. The molecule has 0 aromatic carbocycles. The smallest absolute Gasteiger partial charge is 0.156 e. The SMILES string of the molecule is CC(C)(C)S(=O)(=O)CCNCCCn1ccnn1. The summed E-state index contributed by atoms with van der Waals surface area (Å²) in [5.41, 5.74) is 0. The molecule has 0 spiro atoms. The third-order valence-corrected chi connectivity index (χ3v) is 5.30. The molecular formula is C11H22N4O2S. The summed E-state index contributed by atoms with van der Waals surface area (Å²) in [5.74, 6) is 0.180. The Bertz CT molecular complexity index is 434. The van der Waals surface area contributed by atoms with Crippen LogP contribution >= 0.6 is 0 Å². The Morgan fingerprint density at radius 2 is 2.00 bits per heavy atom. The van der Waals surface area contributed by atoms with E-state index in [2.05, 4.69) is 15.6 Å². The lowest BCUT2D eigenvalue weighted by molar-refractivity contribution is 0.530. The van der Waals surface area contributed by atoms with Crippen molar-refractivity contribution in [3.63, 3.8) is 0 Å². The van der Waals surface area contributed by atoms with Crippen LogP contribution in [-0.4, -0.2) is 47.0 Å². The van der Waals surface area contributed by atoms with Crippen molar-refractivity contribution in [2.24, 2.45) is 0 Å². The molecule has 0 radical (unpaired) electrons. The van der Waals surface area contributed by atoms with Crippen LogP contribution in [0.4, 0.5) is 0 Å². The van der Waals surface area contributed by atoms with Crippen LogP contribution in [0.2, 0.25) is 0 Å². The van der Waals surface area contributed by atoms with E-state index in [4.69, 9.17) is 0 Å². The van der Waals surface area contributed by atoms with Crippen LogP contribution in [0.15, 0.2) is 12.4 Å². The molecule has 0 unspecified atom stereocenters. The number of aromatic nitrogens is 3. The monoisotopic (exact) mass is 274 g/mol. The fourth-order valence-electron chi connectivity index (χ4n) is 1.36. The summed E-state index contributed by atoms with van der Waals surface area (Å²) in [5, 5.41) is 10.7. The van der Waals surface area contributed by atoms with Gasteiger partial charge in [0.05, 0.1) is 16.7 Å². The highest BCUT2D eigenvalue weighted by Crippen LogP contribution is 2.15. The molecule has 0 amide bonds. The molecule has 0 aliphatic rings. The molecule has 0 saturated heterocycles. The predicted molar refractivity (Wildman–Crippen MR) is 71.0 cm³/mol. The standard InChI is InChI=1S/C11H22N4O2S/c1-11(2,3)18(16,17)10-7-12-5-4-8-15-9-6-13-14-15/h6,9,12H,4-5,7-8,10H2,1-3H3. The van der Waals surface area contributed by atoms with Crippen molar-refractivity contribution in [2.45, 2.75) is 38.5 Å². The average Bonchev–Trinajstić information content (AvgIpc) is 2.74. The normalized spacial score (nSPS) is 12.8. The van der Waals surface area contributed by atoms with Crippen molar-refractivity contribution in [3.8, 4) is 0 Å². The third kappa shape index (κ3) is 4.73. The van der Waals surface area contributed by atoms with Gasteiger partial charge in [-0.05, 0) is 33.7 Å². The summed E-state index contributed by atoms with van der Waals surface area (Å²) in [6.07, 6.45) is 4.35. The molecule has 0 atom stereocenters. The van der Waals surface area contributed by atoms with Gasteiger partial charge in [0.1, 0.15) is 0 Å². The largest absolute Gasteiger partial charge is 0.316 e. The zero-order valence-corrected chi connectivity index (χ0v) is 12.1. The van der Waals surface area contributed by atoms with Crippen molar-refractivity contribution in [3.05, 3.63) is 12.4 Å². The highest BCUT2D eigenvalue weighted by atomic mass is 32.2. The lowest BCUT2D eigenvalue weighted by Crippen LogP contribution is -2.35. The Balaban J connectivity index is 2.12. The van der Waals surface area contributed by atoms with Crippen LogP contribution < -0.4 is 5.32 Å². The Hall–Kier alpha value is -0.950. The number of nitrogens with zero attached hydrogens (tertiary/aromatic N) is 3. The minimum atomic E-state index is -3.02. The average molecular weight is 274 g/mol. The van der Waals surface area contributed by atoms with Crippen LogP contribution in [0.3, 0.4) is 0 Å². The van der Waals surface area contributed by atoms with Crippen molar-refractivity contribution in [1.82, 2.24) is 20.3 Å². The first-order valence-electron chi connectivity index (χ1n) is 6.10. The fraction of sp³-hybridized carbons (Fsp3) is 0.818. The number of aryl methyl sites for hydroxylation is 1. The van der Waals surface area contributed by atoms with E-state index in [-0.39, 0.29) is 5.75 Å². The number of sulfone groups is 1. The van der Waals surface area contributed by atoms with E-state index in [1.807, 2.05) is 6.20 Å². The van der Waals surface area contributed by atoms with Gasteiger partial charge < -0.3 is 5.32 Å². The van der Waals surface area contributed by atoms with Crippen molar-refractivity contribution in [1.29, 1.82) is 0 Å². The molecule has 0 saturated carbocycles. The van der Waals surface area contributed by atoms with Crippen LogP contribution in [0.1, 0.15) is 27.2 Å². The summed E-state index contributed by atoms with van der Waals surface area (Å²) in [7, 11) is -3.02. The first-order valence-corrected chi connectivity index (χ1v) is 7.75. The lowest BCUT2D eigenvalue weighted by atomic mass is 10.3. The van der Waals surface area contributed by atoms with Crippen LogP contribution in [-0.2, 0) is 16.4 Å². The molecule has 104 valence electrons. The molecule has 6 nitrogen and oxygen atoms in total. The van der Waals surface area contributed by atoms with E-state index in [9.17, 15) is 8.42 Å². The van der Waals surface area contributed by atoms with E-state index in [0.29, 0.717) is 6.54 Å². The first-order chi connectivity index (χ1) is 8.33. The molecule has 0 bridgehead atoms. The van der Waals surface area contributed by atoms with Crippen LogP contribution in [0, 0.1) is 0 Å². The maximum absolute atomic E-state index is 11.8. The predicted octanol–water partition coefficient (Wildman–Crippen LogP) is 0.471. The van der Waals surface area contributed by atoms with Gasteiger partial charge in [0.2, 0.25) is 0 Å². The van der Waals surface area contributed by atoms with Crippen molar-refractivity contribution < 1.29 is 8.42 Å². The van der Waals surface area contributed by atoms with Gasteiger partial charge >= 0.3 is 0 Å². The molecule has 7 heteroatoms. The Morgan fingerprint density at radius 1 is 1.28 bits per heavy atom. The van der Waals surface area contributed by atoms with Crippen molar-refractivity contribution in [2.75, 3.05) is 18.8 Å². The maximum atomic E-state index is 11.8. The number of rotatable bonds is 7. The molecule has 0 aliphatic heterocycles. The van der Waals surface area contributed by atoms with Gasteiger partial charge in [0.15, 0.2) is 9.84 Å².